The molecule has 9 nitrogen and oxygen atoms in total. The fourth-order valence-electron chi connectivity index (χ4n) is 5.07. The number of nitrogens with zero attached hydrogens (tertiary/aromatic N) is 1. The lowest BCUT2D eigenvalue weighted by atomic mass is 9.92. The fraction of sp³-hybridized carbons (Fsp3) is 0.875. The highest BCUT2D eigenvalue weighted by Gasteiger charge is 2.50. The van der Waals surface area contributed by atoms with Crippen molar-refractivity contribution in [1.82, 2.24) is 4.90 Å². The van der Waals surface area contributed by atoms with E-state index in [0.717, 1.165) is 19.3 Å². The average Bonchev–Trinajstić information content (AvgIpc) is 2.90. The van der Waals surface area contributed by atoms with Crippen molar-refractivity contribution in [2.75, 3.05) is 19.7 Å². The molecule has 0 aliphatic carbocycles. The summed E-state index contributed by atoms with van der Waals surface area (Å²) in [5.74, 6) is -0.872. The molecule has 1 rings (SSSR count). The predicted octanol–water partition coefficient (Wildman–Crippen LogP) is 6.15. The molecule has 0 bridgehead atoms. The monoisotopic (exact) mass is 583 g/mol. The van der Waals surface area contributed by atoms with Crippen molar-refractivity contribution in [1.29, 1.82) is 0 Å². The van der Waals surface area contributed by atoms with Crippen LogP contribution < -0.4 is 0 Å². The number of piperidine rings is 1. The number of ether oxygens (including phenoxy) is 4. The predicted molar refractivity (Wildman–Crippen MR) is 158 cm³/mol. The lowest BCUT2D eigenvalue weighted by molar-refractivity contribution is -0.210. The summed E-state index contributed by atoms with van der Waals surface area (Å²) >= 11 is 0. The van der Waals surface area contributed by atoms with Crippen LogP contribution in [0.5, 0.6) is 0 Å². The summed E-state index contributed by atoms with van der Waals surface area (Å²) in [6.45, 7) is 13.0. The van der Waals surface area contributed by atoms with Crippen LogP contribution in [0.3, 0.4) is 0 Å². The minimum atomic E-state index is -0.988. The zero-order chi connectivity index (χ0) is 30.6. The lowest BCUT2D eigenvalue weighted by Crippen LogP contribution is -2.65. The topological polar surface area (TPSA) is 108 Å². The molecule has 9 heteroatoms. The molecule has 0 aromatic heterocycles. The van der Waals surface area contributed by atoms with Crippen LogP contribution in [0.25, 0.3) is 0 Å². The van der Waals surface area contributed by atoms with E-state index in [9.17, 15) is 19.2 Å². The molecule has 4 atom stereocenters. The van der Waals surface area contributed by atoms with Gasteiger partial charge < -0.3 is 18.9 Å². The SMILES string of the molecule is CCCC(=O)OC[C@@H]1[C@@H](OC(=O)CCC)[C@H](OC(=O)CCC)[C@@H](OC(=O)CCC)CN1CCCCCCCC(C)C. The summed E-state index contributed by atoms with van der Waals surface area (Å²) in [7, 11) is 0. The van der Waals surface area contributed by atoms with E-state index in [-0.39, 0.29) is 44.2 Å². The molecule has 0 amide bonds. The number of carbonyl (C=O) groups is 4. The maximum Gasteiger partial charge on any atom is 0.306 e. The molecule has 1 fully saturated rings. The zero-order valence-electron chi connectivity index (χ0n) is 26.6. The van der Waals surface area contributed by atoms with Gasteiger partial charge in [-0.2, -0.15) is 0 Å². The van der Waals surface area contributed by atoms with Gasteiger partial charge in [0.25, 0.3) is 0 Å². The molecule has 0 radical (unpaired) electrons. The number of likely N-dealkylation sites (tertiary alicyclic amines) is 1. The molecule has 0 unspecified atom stereocenters. The smallest absolute Gasteiger partial charge is 0.306 e. The Kier molecular flexibility index (Phi) is 19.4. The van der Waals surface area contributed by atoms with Gasteiger partial charge >= 0.3 is 23.9 Å². The van der Waals surface area contributed by atoms with Crippen LogP contribution in [-0.4, -0.2) is 72.8 Å². The van der Waals surface area contributed by atoms with Crippen molar-refractivity contribution in [3.8, 4) is 0 Å². The summed E-state index contributed by atoms with van der Waals surface area (Å²) < 4.78 is 23.4. The molecule has 1 saturated heterocycles. The molecule has 0 saturated carbocycles. The van der Waals surface area contributed by atoms with Gasteiger partial charge in [-0.25, -0.2) is 0 Å². The van der Waals surface area contributed by atoms with E-state index in [1.54, 1.807) is 0 Å². The number of rotatable bonds is 21. The van der Waals surface area contributed by atoms with Crippen molar-refractivity contribution in [2.45, 2.75) is 156 Å². The Morgan fingerprint density at radius 2 is 1.15 bits per heavy atom. The summed E-state index contributed by atoms with van der Waals surface area (Å²) in [5.41, 5.74) is 0. The highest BCUT2D eigenvalue weighted by atomic mass is 16.6. The Bertz CT molecular complexity index is 771. The first-order chi connectivity index (χ1) is 19.7. The summed E-state index contributed by atoms with van der Waals surface area (Å²) in [4.78, 5) is 52.6. The second-order valence-corrected chi connectivity index (χ2v) is 11.6. The largest absolute Gasteiger partial charge is 0.464 e. The third kappa shape index (κ3) is 15.0. The first kappa shape index (κ1) is 36.9. The van der Waals surface area contributed by atoms with Crippen molar-refractivity contribution in [2.24, 2.45) is 5.92 Å². The van der Waals surface area contributed by atoms with Crippen LogP contribution >= 0.6 is 0 Å². The van der Waals surface area contributed by atoms with Gasteiger partial charge in [-0.15, -0.1) is 0 Å². The molecule has 1 aliphatic rings. The Morgan fingerprint density at radius 3 is 1.71 bits per heavy atom. The Labute approximate surface area is 248 Å². The molecular formula is C32H57NO8. The first-order valence-corrected chi connectivity index (χ1v) is 16.1. The van der Waals surface area contributed by atoms with Crippen molar-refractivity contribution < 1.29 is 38.1 Å². The molecule has 0 aromatic carbocycles. The molecule has 238 valence electrons. The van der Waals surface area contributed by atoms with E-state index in [0.29, 0.717) is 44.7 Å². The highest BCUT2D eigenvalue weighted by molar-refractivity contribution is 5.72. The van der Waals surface area contributed by atoms with Gasteiger partial charge in [0.1, 0.15) is 6.61 Å². The summed E-state index contributed by atoms with van der Waals surface area (Å²) in [6.07, 6.45) is 7.33. The lowest BCUT2D eigenvalue weighted by Gasteiger charge is -2.47. The van der Waals surface area contributed by atoms with E-state index >= 15 is 0 Å². The molecule has 0 N–H and O–H groups in total. The second kappa shape index (κ2) is 21.5. The van der Waals surface area contributed by atoms with Gasteiger partial charge in [0.15, 0.2) is 18.3 Å². The zero-order valence-corrected chi connectivity index (χ0v) is 26.6. The molecule has 0 aromatic rings. The van der Waals surface area contributed by atoms with Gasteiger partial charge in [-0.05, 0) is 44.6 Å². The number of hydrogen-bond acceptors (Lipinski definition) is 9. The maximum atomic E-state index is 12.8. The number of carbonyl (C=O) groups excluding carboxylic acids is 4. The summed E-state index contributed by atoms with van der Waals surface area (Å²) in [5, 5.41) is 0. The first-order valence-electron chi connectivity index (χ1n) is 16.1. The average molecular weight is 584 g/mol. The Balaban J connectivity index is 3.26. The van der Waals surface area contributed by atoms with Crippen molar-refractivity contribution in [3.05, 3.63) is 0 Å². The van der Waals surface area contributed by atoms with E-state index in [1.807, 2.05) is 27.7 Å². The van der Waals surface area contributed by atoms with Crippen molar-refractivity contribution in [3.63, 3.8) is 0 Å². The Hall–Kier alpha value is -2.16. The van der Waals surface area contributed by atoms with Crippen LogP contribution in [0.15, 0.2) is 0 Å². The normalized spacial score (nSPS) is 21.0. The van der Waals surface area contributed by atoms with Gasteiger partial charge in [-0.1, -0.05) is 73.6 Å². The molecule has 1 heterocycles. The third-order valence-corrected chi connectivity index (χ3v) is 7.23. The van der Waals surface area contributed by atoms with Crippen LogP contribution in [-0.2, 0) is 38.1 Å². The summed E-state index contributed by atoms with van der Waals surface area (Å²) in [6, 6.07) is -0.530. The van der Waals surface area contributed by atoms with Gasteiger partial charge in [0, 0.05) is 32.2 Å². The minimum absolute atomic E-state index is 0.00521. The van der Waals surface area contributed by atoms with E-state index < -0.39 is 36.3 Å². The van der Waals surface area contributed by atoms with E-state index in [4.69, 9.17) is 18.9 Å². The molecule has 1 aliphatic heterocycles. The van der Waals surface area contributed by atoms with Gasteiger partial charge in [0.2, 0.25) is 0 Å². The third-order valence-electron chi connectivity index (χ3n) is 7.23. The quantitative estimate of drug-likeness (QED) is 0.0893. The minimum Gasteiger partial charge on any atom is -0.464 e. The number of hydrogen-bond donors (Lipinski definition) is 0. The van der Waals surface area contributed by atoms with Crippen LogP contribution in [0.4, 0.5) is 0 Å². The fourth-order valence-corrected chi connectivity index (χ4v) is 5.07. The van der Waals surface area contributed by atoms with Crippen LogP contribution in [0.1, 0.15) is 131 Å². The molecule has 0 spiro atoms. The standard InChI is InChI=1S/C32H57NO8/c1-7-16-27(34)38-23-25-31(40-29(36)18-9-3)32(41-30(37)19-10-4)26(39-28(35)17-8-2)22-33(25)21-15-13-11-12-14-20-24(5)6/h24-26,31-32H,7-23H2,1-6H3/t25-,26+,31-,32-/m1/s1. The van der Waals surface area contributed by atoms with E-state index in [2.05, 4.69) is 18.7 Å². The van der Waals surface area contributed by atoms with Gasteiger partial charge in [-0.3, -0.25) is 24.1 Å². The number of esters is 4. The highest BCUT2D eigenvalue weighted by Crippen LogP contribution is 2.29. The maximum absolute atomic E-state index is 12.8. The van der Waals surface area contributed by atoms with Gasteiger partial charge in [0.05, 0.1) is 6.04 Å². The van der Waals surface area contributed by atoms with Crippen LogP contribution in [0.2, 0.25) is 0 Å². The molecule has 41 heavy (non-hydrogen) atoms. The van der Waals surface area contributed by atoms with Crippen LogP contribution in [0, 0.1) is 5.92 Å². The van der Waals surface area contributed by atoms with Crippen molar-refractivity contribution >= 4 is 23.9 Å². The number of unbranched alkanes of at least 4 members (excludes halogenated alkanes) is 4. The molecular weight excluding hydrogens is 526 g/mol. The van der Waals surface area contributed by atoms with E-state index in [1.165, 1.54) is 19.3 Å². The second-order valence-electron chi connectivity index (χ2n) is 11.6. The Morgan fingerprint density at radius 1 is 0.659 bits per heavy atom.